The predicted molar refractivity (Wildman–Crippen MR) is 60.8 cm³/mol. The molecule has 2 aromatic rings. The van der Waals surface area contributed by atoms with Crippen LogP contribution in [0.1, 0.15) is 5.56 Å². The summed E-state index contributed by atoms with van der Waals surface area (Å²) in [6.45, 7) is 0.295. The van der Waals surface area contributed by atoms with Gasteiger partial charge in [0.1, 0.15) is 17.3 Å². The number of nitrogens with two attached hydrogens (primary N) is 1. The van der Waals surface area contributed by atoms with Crippen molar-refractivity contribution in [1.29, 1.82) is 0 Å². The molecule has 0 bridgehead atoms. The molecule has 0 aliphatic heterocycles. The quantitative estimate of drug-likeness (QED) is 0.857. The summed E-state index contributed by atoms with van der Waals surface area (Å²) in [6, 6.07) is 13.7. The van der Waals surface area contributed by atoms with Crippen LogP contribution in [-0.2, 0) is 6.54 Å². The van der Waals surface area contributed by atoms with Crippen molar-refractivity contribution in [3.8, 4) is 11.5 Å². The van der Waals surface area contributed by atoms with Gasteiger partial charge in [-0.15, -0.1) is 0 Å². The van der Waals surface area contributed by atoms with E-state index in [1.165, 1.54) is 12.1 Å². The second kappa shape index (κ2) is 4.77. The normalized spacial score (nSPS) is 10.1. The molecular formula is C13H12FNO. The average molecular weight is 217 g/mol. The minimum absolute atomic E-state index is 0.295. The average Bonchev–Trinajstić information content (AvgIpc) is 2.29. The molecule has 0 aliphatic rings. The highest BCUT2D eigenvalue weighted by Crippen LogP contribution is 2.23. The van der Waals surface area contributed by atoms with E-state index in [0.29, 0.717) is 23.6 Å². The highest BCUT2D eigenvalue weighted by Gasteiger charge is 2.01. The first kappa shape index (κ1) is 10.6. The summed E-state index contributed by atoms with van der Waals surface area (Å²) >= 11 is 0. The largest absolute Gasteiger partial charge is 0.457 e. The third-order valence-electron chi connectivity index (χ3n) is 2.15. The van der Waals surface area contributed by atoms with Crippen LogP contribution in [0.4, 0.5) is 4.39 Å². The Labute approximate surface area is 93.5 Å². The van der Waals surface area contributed by atoms with Gasteiger partial charge < -0.3 is 10.5 Å². The first-order valence-electron chi connectivity index (χ1n) is 5.00. The number of para-hydroxylation sites is 1. The first-order valence-corrected chi connectivity index (χ1v) is 5.00. The van der Waals surface area contributed by atoms with E-state index >= 15 is 0 Å². The van der Waals surface area contributed by atoms with Crippen LogP contribution < -0.4 is 10.5 Å². The molecular weight excluding hydrogens is 205 g/mol. The summed E-state index contributed by atoms with van der Waals surface area (Å²) in [5.41, 5.74) is 6.17. The number of benzene rings is 2. The lowest BCUT2D eigenvalue weighted by atomic mass is 10.2. The monoisotopic (exact) mass is 217 g/mol. The summed E-state index contributed by atoms with van der Waals surface area (Å²) < 4.78 is 18.7. The smallest absolute Gasteiger partial charge is 0.130 e. The Kier molecular flexibility index (Phi) is 3.17. The standard InChI is InChI=1S/C13H12FNO/c14-11-6-10(9-15)7-13(8-11)16-12-4-2-1-3-5-12/h1-8H,9,15H2. The predicted octanol–water partition coefficient (Wildman–Crippen LogP) is 3.08. The van der Waals surface area contributed by atoms with E-state index in [2.05, 4.69) is 0 Å². The molecule has 0 saturated heterocycles. The van der Waals surface area contributed by atoms with Crippen molar-refractivity contribution in [2.45, 2.75) is 6.54 Å². The van der Waals surface area contributed by atoms with Gasteiger partial charge in [-0.05, 0) is 29.8 Å². The van der Waals surface area contributed by atoms with Gasteiger partial charge in [0, 0.05) is 12.6 Å². The summed E-state index contributed by atoms with van der Waals surface area (Å²) in [5, 5.41) is 0. The van der Waals surface area contributed by atoms with Crippen molar-refractivity contribution in [3.63, 3.8) is 0 Å². The van der Waals surface area contributed by atoms with E-state index in [1.807, 2.05) is 30.3 Å². The molecule has 0 aliphatic carbocycles. The Morgan fingerprint density at radius 1 is 1.00 bits per heavy atom. The Morgan fingerprint density at radius 3 is 2.44 bits per heavy atom. The topological polar surface area (TPSA) is 35.2 Å². The zero-order valence-electron chi connectivity index (χ0n) is 8.69. The second-order valence-electron chi connectivity index (χ2n) is 3.41. The maximum atomic E-state index is 13.2. The molecule has 0 fully saturated rings. The van der Waals surface area contributed by atoms with Gasteiger partial charge in [-0.25, -0.2) is 4.39 Å². The lowest BCUT2D eigenvalue weighted by Crippen LogP contribution is -1.97. The Balaban J connectivity index is 2.24. The zero-order chi connectivity index (χ0) is 11.4. The molecule has 0 aromatic heterocycles. The van der Waals surface area contributed by atoms with Gasteiger partial charge in [-0.3, -0.25) is 0 Å². The number of hydrogen-bond donors (Lipinski definition) is 1. The number of rotatable bonds is 3. The van der Waals surface area contributed by atoms with Crippen molar-refractivity contribution < 1.29 is 9.13 Å². The zero-order valence-corrected chi connectivity index (χ0v) is 8.69. The van der Waals surface area contributed by atoms with E-state index < -0.39 is 0 Å². The molecule has 2 N–H and O–H groups in total. The molecule has 0 unspecified atom stereocenters. The summed E-state index contributed by atoms with van der Waals surface area (Å²) in [7, 11) is 0. The molecule has 82 valence electrons. The van der Waals surface area contributed by atoms with E-state index in [0.717, 1.165) is 0 Å². The Bertz CT molecular complexity index is 471. The fourth-order valence-electron chi connectivity index (χ4n) is 1.42. The molecule has 3 heteroatoms. The molecule has 2 nitrogen and oxygen atoms in total. The molecule has 0 spiro atoms. The fraction of sp³-hybridized carbons (Fsp3) is 0.0769. The van der Waals surface area contributed by atoms with Crippen molar-refractivity contribution in [1.82, 2.24) is 0 Å². The number of hydrogen-bond acceptors (Lipinski definition) is 2. The van der Waals surface area contributed by atoms with Gasteiger partial charge in [0.2, 0.25) is 0 Å². The van der Waals surface area contributed by atoms with Gasteiger partial charge >= 0.3 is 0 Å². The molecule has 2 rings (SSSR count). The number of ether oxygens (including phenoxy) is 1. The molecule has 2 aromatic carbocycles. The Morgan fingerprint density at radius 2 is 1.75 bits per heavy atom. The summed E-state index contributed by atoms with van der Waals surface area (Å²) in [5.74, 6) is 0.802. The number of halogens is 1. The molecule has 16 heavy (non-hydrogen) atoms. The minimum Gasteiger partial charge on any atom is -0.457 e. The van der Waals surface area contributed by atoms with Crippen LogP contribution in [0.25, 0.3) is 0 Å². The maximum Gasteiger partial charge on any atom is 0.130 e. The van der Waals surface area contributed by atoms with E-state index in [9.17, 15) is 4.39 Å². The van der Waals surface area contributed by atoms with Crippen LogP contribution in [0.15, 0.2) is 48.5 Å². The van der Waals surface area contributed by atoms with Crippen LogP contribution in [0.2, 0.25) is 0 Å². The van der Waals surface area contributed by atoms with Crippen LogP contribution in [0.3, 0.4) is 0 Å². The molecule has 0 heterocycles. The third-order valence-corrected chi connectivity index (χ3v) is 2.15. The van der Waals surface area contributed by atoms with Crippen LogP contribution >= 0.6 is 0 Å². The minimum atomic E-state index is -0.339. The second-order valence-corrected chi connectivity index (χ2v) is 3.41. The van der Waals surface area contributed by atoms with Crippen molar-refractivity contribution in [2.75, 3.05) is 0 Å². The van der Waals surface area contributed by atoms with Crippen LogP contribution in [0.5, 0.6) is 11.5 Å². The highest BCUT2D eigenvalue weighted by molar-refractivity contribution is 5.34. The van der Waals surface area contributed by atoms with Gasteiger partial charge in [0.25, 0.3) is 0 Å². The summed E-state index contributed by atoms with van der Waals surface area (Å²) in [4.78, 5) is 0. The Hall–Kier alpha value is -1.87. The van der Waals surface area contributed by atoms with E-state index in [-0.39, 0.29) is 5.82 Å². The van der Waals surface area contributed by atoms with Gasteiger partial charge in [-0.2, -0.15) is 0 Å². The lowest BCUT2D eigenvalue weighted by Gasteiger charge is -2.07. The van der Waals surface area contributed by atoms with Crippen molar-refractivity contribution >= 4 is 0 Å². The van der Waals surface area contributed by atoms with Gasteiger partial charge in [0.15, 0.2) is 0 Å². The molecule has 0 saturated carbocycles. The fourth-order valence-corrected chi connectivity index (χ4v) is 1.42. The third kappa shape index (κ3) is 2.58. The lowest BCUT2D eigenvalue weighted by molar-refractivity contribution is 0.476. The molecule has 0 radical (unpaired) electrons. The summed E-state index contributed by atoms with van der Waals surface area (Å²) in [6.07, 6.45) is 0. The highest BCUT2D eigenvalue weighted by atomic mass is 19.1. The molecule has 0 atom stereocenters. The SMILES string of the molecule is NCc1cc(F)cc(Oc2ccccc2)c1. The van der Waals surface area contributed by atoms with Gasteiger partial charge in [-0.1, -0.05) is 18.2 Å². The molecule has 0 amide bonds. The van der Waals surface area contributed by atoms with E-state index in [1.54, 1.807) is 6.07 Å². The van der Waals surface area contributed by atoms with Crippen molar-refractivity contribution in [2.24, 2.45) is 5.73 Å². The maximum absolute atomic E-state index is 13.2. The van der Waals surface area contributed by atoms with Gasteiger partial charge in [0.05, 0.1) is 0 Å². The first-order chi connectivity index (χ1) is 7.78. The van der Waals surface area contributed by atoms with Crippen LogP contribution in [0, 0.1) is 5.82 Å². The van der Waals surface area contributed by atoms with Crippen LogP contribution in [-0.4, -0.2) is 0 Å². The van der Waals surface area contributed by atoms with Crippen molar-refractivity contribution in [3.05, 3.63) is 59.9 Å². The van der Waals surface area contributed by atoms with E-state index in [4.69, 9.17) is 10.5 Å².